The van der Waals surface area contributed by atoms with E-state index >= 15 is 0 Å². The van der Waals surface area contributed by atoms with E-state index in [4.69, 9.17) is 23.2 Å². The number of benzene rings is 1. The highest BCUT2D eigenvalue weighted by Crippen LogP contribution is 2.21. The van der Waals surface area contributed by atoms with Crippen molar-refractivity contribution >= 4 is 35.0 Å². The molecular formula is C13H14Cl2N2O2. The van der Waals surface area contributed by atoms with E-state index in [2.05, 4.69) is 5.32 Å². The molecule has 0 saturated carbocycles. The first kappa shape index (κ1) is 14.2. The van der Waals surface area contributed by atoms with Gasteiger partial charge in [0, 0.05) is 37.5 Å². The average Bonchev–Trinajstić information content (AvgIpc) is 2.66. The van der Waals surface area contributed by atoms with Crippen molar-refractivity contribution in [2.45, 2.75) is 6.42 Å². The largest absolute Gasteiger partial charge is 0.352 e. The molecule has 1 unspecified atom stereocenters. The molecule has 1 atom stereocenters. The van der Waals surface area contributed by atoms with Crippen molar-refractivity contribution in [2.24, 2.45) is 5.92 Å². The molecule has 0 spiro atoms. The van der Waals surface area contributed by atoms with Crippen molar-refractivity contribution in [2.75, 3.05) is 20.1 Å². The monoisotopic (exact) mass is 300 g/mol. The zero-order valence-corrected chi connectivity index (χ0v) is 12.0. The Labute approximate surface area is 121 Å². The molecule has 1 heterocycles. The lowest BCUT2D eigenvalue weighted by Crippen LogP contribution is -2.30. The van der Waals surface area contributed by atoms with Gasteiger partial charge in [-0.1, -0.05) is 23.2 Å². The maximum absolute atomic E-state index is 12.0. The summed E-state index contributed by atoms with van der Waals surface area (Å²) in [5.74, 6) is 0.0277. The Kier molecular flexibility index (Phi) is 4.32. The van der Waals surface area contributed by atoms with E-state index in [0.717, 1.165) is 0 Å². The summed E-state index contributed by atoms with van der Waals surface area (Å²) in [6.45, 7) is 1.14. The lowest BCUT2D eigenvalue weighted by atomic mass is 10.1. The zero-order valence-electron chi connectivity index (χ0n) is 10.5. The second-order valence-corrected chi connectivity index (χ2v) is 5.52. The molecule has 102 valence electrons. The molecule has 19 heavy (non-hydrogen) atoms. The molecule has 1 saturated heterocycles. The van der Waals surface area contributed by atoms with Gasteiger partial charge in [-0.15, -0.1) is 0 Å². The van der Waals surface area contributed by atoms with Gasteiger partial charge in [-0.25, -0.2) is 0 Å². The van der Waals surface area contributed by atoms with Crippen LogP contribution in [-0.2, 0) is 4.79 Å². The van der Waals surface area contributed by atoms with Gasteiger partial charge >= 0.3 is 0 Å². The highest BCUT2D eigenvalue weighted by Gasteiger charge is 2.27. The number of likely N-dealkylation sites (tertiary alicyclic amines) is 1. The van der Waals surface area contributed by atoms with Gasteiger partial charge in [-0.3, -0.25) is 9.59 Å². The second-order valence-electron chi connectivity index (χ2n) is 4.68. The summed E-state index contributed by atoms with van der Waals surface area (Å²) in [5, 5.41) is 3.61. The Morgan fingerprint density at radius 2 is 2.21 bits per heavy atom. The molecule has 1 fully saturated rings. The van der Waals surface area contributed by atoms with Crippen LogP contribution in [0.3, 0.4) is 0 Å². The van der Waals surface area contributed by atoms with Crippen LogP contribution in [0, 0.1) is 5.92 Å². The molecule has 4 nitrogen and oxygen atoms in total. The van der Waals surface area contributed by atoms with Crippen molar-refractivity contribution in [3.05, 3.63) is 33.8 Å². The van der Waals surface area contributed by atoms with Crippen molar-refractivity contribution in [1.82, 2.24) is 10.2 Å². The van der Waals surface area contributed by atoms with Gasteiger partial charge in [-0.05, 0) is 18.2 Å². The zero-order chi connectivity index (χ0) is 14.0. The molecule has 1 aromatic carbocycles. The number of nitrogens with one attached hydrogen (secondary N) is 1. The van der Waals surface area contributed by atoms with Crippen LogP contribution in [-0.4, -0.2) is 36.9 Å². The van der Waals surface area contributed by atoms with Gasteiger partial charge in [0.25, 0.3) is 5.91 Å². The third kappa shape index (κ3) is 3.39. The lowest BCUT2D eigenvalue weighted by molar-refractivity contribution is -0.126. The average molecular weight is 301 g/mol. The number of rotatable bonds is 3. The minimum atomic E-state index is -0.247. The summed E-state index contributed by atoms with van der Waals surface area (Å²) in [6.07, 6.45) is 0.477. The second kappa shape index (κ2) is 5.80. The number of hydrogen-bond donors (Lipinski definition) is 1. The highest BCUT2D eigenvalue weighted by atomic mass is 35.5. The van der Waals surface area contributed by atoms with Gasteiger partial charge in [0.05, 0.1) is 10.6 Å². The Hall–Kier alpha value is -1.26. The normalized spacial score (nSPS) is 18.8. The summed E-state index contributed by atoms with van der Waals surface area (Å²) in [6, 6.07) is 4.74. The first-order chi connectivity index (χ1) is 8.97. The van der Waals surface area contributed by atoms with E-state index < -0.39 is 0 Å². The lowest BCUT2D eigenvalue weighted by Gasteiger charge is -2.12. The van der Waals surface area contributed by atoms with Gasteiger partial charge in [-0.2, -0.15) is 0 Å². The number of carbonyl (C=O) groups is 2. The van der Waals surface area contributed by atoms with Gasteiger partial charge in [0.2, 0.25) is 5.91 Å². The molecule has 0 radical (unpaired) electrons. The van der Waals surface area contributed by atoms with E-state index in [9.17, 15) is 9.59 Å². The fraction of sp³-hybridized carbons (Fsp3) is 0.385. The number of hydrogen-bond acceptors (Lipinski definition) is 2. The molecule has 0 aliphatic carbocycles. The molecule has 1 N–H and O–H groups in total. The van der Waals surface area contributed by atoms with Crippen molar-refractivity contribution in [1.29, 1.82) is 0 Å². The van der Waals surface area contributed by atoms with E-state index in [-0.39, 0.29) is 17.7 Å². The van der Waals surface area contributed by atoms with E-state index in [1.165, 1.54) is 6.07 Å². The molecule has 1 aromatic rings. The predicted molar refractivity (Wildman–Crippen MR) is 74.5 cm³/mol. The minimum Gasteiger partial charge on any atom is -0.352 e. The summed E-state index contributed by atoms with van der Waals surface area (Å²) in [4.78, 5) is 25.0. The van der Waals surface area contributed by atoms with Crippen LogP contribution in [0.4, 0.5) is 0 Å². The van der Waals surface area contributed by atoms with Crippen LogP contribution in [0.25, 0.3) is 0 Å². The molecule has 1 aliphatic heterocycles. The molecule has 1 aliphatic rings. The molecule has 0 aromatic heterocycles. The van der Waals surface area contributed by atoms with Crippen LogP contribution in [0.2, 0.25) is 10.0 Å². The quantitative estimate of drug-likeness (QED) is 0.930. The van der Waals surface area contributed by atoms with E-state index in [1.54, 1.807) is 24.1 Å². The number of nitrogens with zero attached hydrogens (tertiary/aromatic N) is 1. The molecule has 2 rings (SSSR count). The van der Waals surface area contributed by atoms with Crippen LogP contribution in [0.1, 0.15) is 16.8 Å². The maximum atomic E-state index is 12.0. The third-order valence-electron chi connectivity index (χ3n) is 3.15. The van der Waals surface area contributed by atoms with E-state index in [1.807, 2.05) is 0 Å². The van der Waals surface area contributed by atoms with Crippen molar-refractivity contribution in [3.8, 4) is 0 Å². The van der Waals surface area contributed by atoms with Crippen LogP contribution >= 0.6 is 23.2 Å². The predicted octanol–water partition coefficient (Wildman–Crippen LogP) is 2.20. The highest BCUT2D eigenvalue weighted by molar-refractivity contribution is 6.36. The number of carbonyl (C=O) groups excluding carboxylic acids is 2. The molecular weight excluding hydrogens is 287 g/mol. The first-order valence-electron chi connectivity index (χ1n) is 5.94. The maximum Gasteiger partial charge on any atom is 0.252 e. The fourth-order valence-electron chi connectivity index (χ4n) is 2.10. The molecule has 2 amide bonds. The smallest absolute Gasteiger partial charge is 0.252 e. The molecule has 0 bridgehead atoms. The third-order valence-corrected chi connectivity index (χ3v) is 3.70. The fourth-order valence-corrected chi connectivity index (χ4v) is 2.59. The van der Waals surface area contributed by atoms with Crippen LogP contribution in [0.15, 0.2) is 18.2 Å². The SMILES string of the molecule is CN1CC(CNC(=O)c2ccc(Cl)cc2Cl)CC1=O. The van der Waals surface area contributed by atoms with Crippen LogP contribution in [0.5, 0.6) is 0 Å². The topological polar surface area (TPSA) is 49.4 Å². The van der Waals surface area contributed by atoms with Crippen molar-refractivity contribution in [3.63, 3.8) is 0 Å². The number of amides is 2. The Balaban J connectivity index is 1.93. The van der Waals surface area contributed by atoms with Gasteiger partial charge in [0.1, 0.15) is 0 Å². The standard InChI is InChI=1S/C13H14Cl2N2O2/c1-17-7-8(4-12(17)18)6-16-13(19)10-3-2-9(14)5-11(10)15/h2-3,5,8H,4,6-7H2,1H3,(H,16,19). The summed E-state index contributed by atoms with van der Waals surface area (Å²) in [7, 11) is 1.76. The minimum absolute atomic E-state index is 0.115. The summed E-state index contributed by atoms with van der Waals surface area (Å²) < 4.78 is 0. The Bertz CT molecular complexity index is 519. The van der Waals surface area contributed by atoms with E-state index in [0.29, 0.717) is 35.1 Å². The summed E-state index contributed by atoms with van der Waals surface area (Å²) >= 11 is 11.7. The van der Waals surface area contributed by atoms with Crippen molar-refractivity contribution < 1.29 is 9.59 Å². The summed E-state index contributed by atoms with van der Waals surface area (Å²) in [5.41, 5.74) is 0.392. The van der Waals surface area contributed by atoms with Gasteiger partial charge < -0.3 is 10.2 Å². The molecule has 6 heteroatoms. The Morgan fingerprint density at radius 3 is 2.79 bits per heavy atom. The first-order valence-corrected chi connectivity index (χ1v) is 6.70. The Morgan fingerprint density at radius 1 is 1.47 bits per heavy atom. The number of halogens is 2. The van der Waals surface area contributed by atoms with Crippen LogP contribution < -0.4 is 5.32 Å². The van der Waals surface area contributed by atoms with Gasteiger partial charge in [0.15, 0.2) is 0 Å².